The summed E-state index contributed by atoms with van der Waals surface area (Å²) in [5.74, 6) is 0. The lowest BCUT2D eigenvalue weighted by atomic mass is 9.70. The standard InChI is InChI=1S/C82H62N2S/c1-49-27-37-62-64-40-34-56(47-75(64)80(4,5)73(62)43-49)83(57-35-41-65-63-38-28-50(2)44-74(63)81(6,7)76(65)48-57)54-33-39-58(51(3)45-54)52-29-31-53(32-30-52)84(77-25-16-21-67-66-20-11-15-26-78(66)85-79(67)77)55-36-42-72-68(46-55)61-19-10-14-24-71(61)82(72)69-22-12-8-17-59(69)60-18-9-13-23-70(60)82/h8-48H,1-7H3. The van der Waals surface area contributed by atoms with Crippen molar-refractivity contribution in [3.63, 3.8) is 0 Å². The monoisotopic (exact) mass is 1110 g/mol. The molecule has 1 aromatic heterocycles. The average Bonchev–Trinajstić information content (AvgIpc) is 1.56. The number of fused-ring (bicyclic) bond motifs is 19. The largest absolute Gasteiger partial charge is 0.310 e. The van der Waals surface area contributed by atoms with Crippen LogP contribution in [0.1, 0.15) is 88.9 Å². The zero-order valence-electron chi connectivity index (χ0n) is 49.0. The molecule has 13 aromatic rings. The van der Waals surface area contributed by atoms with Crippen LogP contribution in [0.5, 0.6) is 0 Å². The lowest BCUT2D eigenvalue weighted by molar-refractivity contribution is 0.659. The summed E-state index contributed by atoms with van der Waals surface area (Å²) in [6.45, 7) is 16.3. The smallest absolute Gasteiger partial charge is 0.0725 e. The highest BCUT2D eigenvalue weighted by molar-refractivity contribution is 7.26. The van der Waals surface area contributed by atoms with Crippen molar-refractivity contribution in [2.45, 2.75) is 64.7 Å². The minimum Gasteiger partial charge on any atom is -0.310 e. The molecule has 2 nitrogen and oxygen atoms in total. The third-order valence-electron chi connectivity index (χ3n) is 19.9. The predicted molar refractivity (Wildman–Crippen MR) is 360 cm³/mol. The highest BCUT2D eigenvalue weighted by atomic mass is 32.1. The minimum absolute atomic E-state index is 0.145. The van der Waals surface area contributed by atoms with E-state index in [1.165, 1.54) is 143 Å². The molecule has 0 N–H and O–H groups in total. The summed E-state index contributed by atoms with van der Waals surface area (Å²) in [7, 11) is 0. The van der Waals surface area contributed by atoms with E-state index in [9.17, 15) is 0 Å². The van der Waals surface area contributed by atoms with Crippen LogP contribution >= 0.6 is 11.3 Å². The summed E-state index contributed by atoms with van der Waals surface area (Å²) >= 11 is 1.88. The van der Waals surface area contributed by atoms with Gasteiger partial charge in [0.15, 0.2) is 0 Å². The predicted octanol–water partition coefficient (Wildman–Crippen LogP) is 22.5. The van der Waals surface area contributed by atoms with E-state index in [4.69, 9.17) is 0 Å². The van der Waals surface area contributed by atoms with E-state index in [0.29, 0.717) is 0 Å². The first-order valence-corrected chi connectivity index (χ1v) is 30.9. The molecule has 0 aliphatic heterocycles. The maximum Gasteiger partial charge on any atom is 0.0725 e. The van der Waals surface area contributed by atoms with Gasteiger partial charge in [0.1, 0.15) is 0 Å². The van der Waals surface area contributed by atoms with Gasteiger partial charge in [0.2, 0.25) is 0 Å². The Bertz CT molecular complexity index is 4850. The van der Waals surface area contributed by atoms with Gasteiger partial charge in [-0.15, -0.1) is 11.3 Å². The number of hydrogen-bond donors (Lipinski definition) is 0. The molecule has 0 fully saturated rings. The van der Waals surface area contributed by atoms with Crippen molar-refractivity contribution in [1.82, 2.24) is 0 Å². The first-order chi connectivity index (χ1) is 41.4. The summed E-state index contributed by atoms with van der Waals surface area (Å²) < 4.78 is 2.57. The summed E-state index contributed by atoms with van der Waals surface area (Å²) in [4.78, 5) is 5.01. The molecule has 1 spiro atoms. The van der Waals surface area contributed by atoms with Crippen molar-refractivity contribution < 1.29 is 0 Å². The second-order valence-electron chi connectivity index (χ2n) is 25.4. The summed E-state index contributed by atoms with van der Waals surface area (Å²) in [5.41, 5.74) is 33.9. The van der Waals surface area contributed by atoms with Crippen molar-refractivity contribution >= 4 is 65.6 Å². The highest BCUT2D eigenvalue weighted by Gasteiger charge is 2.51. The van der Waals surface area contributed by atoms with Gasteiger partial charge in [-0.05, 0) is 199 Å². The summed E-state index contributed by atoms with van der Waals surface area (Å²) in [6.07, 6.45) is 0. The fourth-order valence-corrected chi connectivity index (χ4v) is 17.1. The molecule has 4 aliphatic rings. The Hall–Kier alpha value is -9.54. The lowest BCUT2D eigenvalue weighted by Gasteiger charge is -2.31. The fraction of sp³-hybridized carbons (Fsp3) is 0.122. The molecule has 12 aromatic carbocycles. The van der Waals surface area contributed by atoms with Gasteiger partial charge in [-0.3, -0.25) is 0 Å². The van der Waals surface area contributed by atoms with Crippen molar-refractivity contribution in [1.29, 1.82) is 0 Å². The maximum absolute atomic E-state index is 2.51. The van der Waals surface area contributed by atoms with Gasteiger partial charge in [0.25, 0.3) is 0 Å². The van der Waals surface area contributed by atoms with Crippen molar-refractivity contribution in [3.8, 4) is 55.6 Å². The maximum atomic E-state index is 2.51. The van der Waals surface area contributed by atoms with E-state index < -0.39 is 5.41 Å². The Morgan fingerprint density at radius 1 is 0.294 bits per heavy atom. The Kier molecular flexibility index (Phi) is 10.6. The summed E-state index contributed by atoms with van der Waals surface area (Å²) in [5, 5.41) is 2.57. The van der Waals surface area contributed by atoms with Crippen LogP contribution in [0.3, 0.4) is 0 Å². The number of hydrogen-bond acceptors (Lipinski definition) is 3. The Labute approximate surface area is 502 Å². The SMILES string of the molecule is Cc1ccc2c(c1)C(C)(C)c1cc(N(c3ccc(-c4ccc(N(c5ccc6c(c5)-c5ccccc5C65c6ccccc6-c6ccccc65)c5cccc6c5sc5ccccc56)cc4)c(C)c3)c3ccc4c(c3)C(C)(C)c3cc(C)ccc3-4)ccc1-2. The fourth-order valence-electron chi connectivity index (χ4n) is 15.9. The lowest BCUT2D eigenvalue weighted by Crippen LogP contribution is -2.25. The number of nitrogens with zero attached hydrogens (tertiary/aromatic N) is 2. The Morgan fingerprint density at radius 3 is 1.29 bits per heavy atom. The third-order valence-corrected chi connectivity index (χ3v) is 21.1. The first kappa shape index (κ1) is 50.0. The van der Waals surface area contributed by atoms with Crippen LogP contribution in [0.2, 0.25) is 0 Å². The minimum atomic E-state index is -0.409. The van der Waals surface area contributed by atoms with E-state index in [-0.39, 0.29) is 10.8 Å². The molecule has 17 rings (SSSR count). The van der Waals surface area contributed by atoms with Crippen LogP contribution in [0, 0.1) is 20.8 Å². The molecular weight excluding hydrogens is 1040 g/mol. The van der Waals surface area contributed by atoms with Crippen molar-refractivity contribution in [2.75, 3.05) is 9.80 Å². The van der Waals surface area contributed by atoms with Crippen molar-refractivity contribution in [3.05, 3.63) is 310 Å². The van der Waals surface area contributed by atoms with Crippen molar-refractivity contribution in [2.24, 2.45) is 0 Å². The number of anilines is 6. The van der Waals surface area contributed by atoms with Crippen LogP contribution in [0.4, 0.5) is 34.1 Å². The molecule has 3 heteroatoms. The van der Waals surface area contributed by atoms with Gasteiger partial charge in [-0.25, -0.2) is 0 Å². The van der Waals surface area contributed by atoms with Crippen LogP contribution in [-0.2, 0) is 16.2 Å². The van der Waals surface area contributed by atoms with Gasteiger partial charge in [-0.2, -0.15) is 0 Å². The van der Waals surface area contributed by atoms with Gasteiger partial charge in [0, 0.05) is 54.7 Å². The van der Waals surface area contributed by atoms with E-state index in [0.717, 1.165) is 28.4 Å². The van der Waals surface area contributed by atoms with E-state index in [1.54, 1.807) is 0 Å². The average molecular weight is 1110 g/mol. The van der Waals surface area contributed by atoms with E-state index >= 15 is 0 Å². The normalized spacial score (nSPS) is 14.6. The Balaban J connectivity index is 0.790. The van der Waals surface area contributed by atoms with E-state index in [1.807, 2.05) is 11.3 Å². The second-order valence-corrected chi connectivity index (χ2v) is 26.4. The molecule has 0 saturated heterocycles. The number of benzene rings is 12. The molecule has 0 saturated carbocycles. The third kappa shape index (κ3) is 6.99. The molecule has 0 atom stereocenters. The van der Waals surface area contributed by atoms with Crippen LogP contribution in [0.25, 0.3) is 75.8 Å². The van der Waals surface area contributed by atoms with Crippen LogP contribution in [-0.4, -0.2) is 0 Å². The zero-order valence-corrected chi connectivity index (χ0v) is 49.8. The quantitative estimate of drug-likeness (QED) is 0.157. The molecule has 0 unspecified atom stereocenters. The zero-order chi connectivity index (χ0) is 57.3. The first-order valence-electron chi connectivity index (χ1n) is 30.1. The molecule has 0 amide bonds. The number of thiophene rings is 1. The molecule has 85 heavy (non-hydrogen) atoms. The Morgan fingerprint density at radius 2 is 0.718 bits per heavy atom. The number of rotatable bonds is 7. The molecule has 1 heterocycles. The van der Waals surface area contributed by atoms with Crippen LogP contribution in [0.15, 0.2) is 249 Å². The van der Waals surface area contributed by atoms with Gasteiger partial charge < -0.3 is 9.80 Å². The topological polar surface area (TPSA) is 6.48 Å². The second kappa shape index (κ2) is 18.0. The van der Waals surface area contributed by atoms with E-state index in [2.05, 4.69) is 307 Å². The van der Waals surface area contributed by atoms with Gasteiger partial charge >= 0.3 is 0 Å². The summed E-state index contributed by atoms with van der Waals surface area (Å²) in [6, 6.07) is 95.1. The molecule has 406 valence electrons. The molecule has 0 bridgehead atoms. The number of aryl methyl sites for hydroxylation is 3. The van der Waals surface area contributed by atoms with Gasteiger partial charge in [-0.1, -0.05) is 215 Å². The molecule has 4 aliphatic carbocycles. The van der Waals surface area contributed by atoms with Crippen LogP contribution < -0.4 is 9.80 Å². The molecule has 0 radical (unpaired) electrons. The molecular formula is C82H62N2S. The van der Waals surface area contributed by atoms with Gasteiger partial charge in [0.05, 0.1) is 15.8 Å². The highest BCUT2D eigenvalue weighted by Crippen LogP contribution is 2.64.